The molecule has 9 heteroatoms. The van der Waals surface area contributed by atoms with Crippen molar-refractivity contribution in [2.45, 2.75) is 53.9 Å². The number of hydrogen-bond acceptors (Lipinski definition) is 5. The van der Waals surface area contributed by atoms with Crippen LogP contribution in [0, 0.1) is 12.3 Å². The number of rotatable bonds is 4. The third-order valence-electron chi connectivity index (χ3n) is 6.54. The van der Waals surface area contributed by atoms with E-state index in [0.29, 0.717) is 24.6 Å². The average Bonchev–Trinajstić information content (AvgIpc) is 3.28. The summed E-state index contributed by atoms with van der Waals surface area (Å²) in [5.41, 5.74) is 2.94. The van der Waals surface area contributed by atoms with E-state index in [-0.39, 0.29) is 22.8 Å². The quantitative estimate of drug-likeness (QED) is 0.495. The van der Waals surface area contributed by atoms with E-state index in [1.807, 2.05) is 75.1 Å². The Bertz CT molecular complexity index is 1270. The first-order chi connectivity index (χ1) is 17.8. The number of piperazine rings is 1. The van der Waals surface area contributed by atoms with Gasteiger partial charge in [0.25, 0.3) is 0 Å². The molecule has 4 rings (SSSR count). The fourth-order valence-corrected chi connectivity index (χ4v) is 4.26. The summed E-state index contributed by atoms with van der Waals surface area (Å²) in [6, 6.07) is 13.3. The molecule has 3 heterocycles. The van der Waals surface area contributed by atoms with E-state index in [1.165, 1.54) is 0 Å². The number of carbonyl (C=O) groups excluding carboxylic acids is 2. The van der Waals surface area contributed by atoms with Gasteiger partial charge in [0.2, 0.25) is 5.91 Å². The molecular formula is C29H39N7O2. The van der Waals surface area contributed by atoms with E-state index < -0.39 is 0 Å². The Morgan fingerprint density at radius 3 is 2.08 bits per heavy atom. The van der Waals surface area contributed by atoms with Crippen molar-refractivity contribution in [2.24, 2.45) is 5.41 Å². The SMILES string of the molecule is Cc1ccc(-n2nc(C(C)(C)C)cc2NC(=O)Nc2ccc(N3CCN(C(=O)C(C)(C)C)CC3)nc2)cc1. The maximum absolute atomic E-state index is 12.9. The molecule has 202 valence electrons. The fraction of sp³-hybridized carbons (Fsp3) is 0.448. The number of aromatic nitrogens is 3. The predicted molar refractivity (Wildman–Crippen MR) is 152 cm³/mol. The predicted octanol–water partition coefficient (Wildman–Crippen LogP) is 5.21. The molecule has 2 aromatic heterocycles. The van der Waals surface area contributed by atoms with Gasteiger partial charge >= 0.3 is 6.03 Å². The van der Waals surface area contributed by atoms with Crippen LogP contribution >= 0.6 is 0 Å². The van der Waals surface area contributed by atoms with Crippen LogP contribution in [0.3, 0.4) is 0 Å². The van der Waals surface area contributed by atoms with E-state index >= 15 is 0 Å². The summed E-state index contributed by atoms with van der Waals surface area (Å²) in [6.45, 7) is 16.9. The molecule has 3 aromatic rings. The maximum atomic E-state index is 12.9. The van der Waals surface area contributed by atoms with Gasteiger partial charge in [-0.2, -0.15) is 5.10 Å². The summed E-state index contributed by atoms with van der Waals surface area (Å²) in [6.07, 6.45) is 1.65. The normalized spacial score (nSPS) is 14.4. The van der Waals surface area contributed by atoms with Gasteiger partial charge in [-0.15, -0.1) is 0 Å². The minimum atomic E-state index is -0.375. The topological polar surface area (TPSA) is 95.4 Å². The first-order valence-electron chi connectivity index (χ1n) is 13.1. The van der Waals surface area contributed by atoms with Crippen molar-refractivity contribution in [1.29, 1.82) is 0 Å². The molecule has 1 fully saturated rings. The van der Waals surface area contributed by atoms with Crippen LogP contribution < -0.4 is 15.5 Å². The number of nitrogens with zero attached hydrogens (tertiary/aromatic N) is 5. The standard InChI is InChI=1S/C29H39N7O2/c1-20-8-11-22(12-9-20)36-25(18-23(33-36)28(2,3)4)32-27(38)31-21-10-13-24(30-19-21)34-14-16-35(17-15-34)26(37)29(5,6)7/h8-13,18-19H,14-17H2,1-7H3,(H2,31,32,38). The van der Waals surface area contributed by atoms with Crippen LogP contribution in [0.25, 0.3) is 5.69 Å². The van der Waals surface area contributed by atoms with Crippen LogP contribution in [-0.2, 0) is 10.2 Å². The molecule has 0 bridgehead atoms. The van der Waals surface area contributed by atoms with Gasteiger partial charge in [0.05, 0.1) is 23.3 Å². The smallest absolute Gasteiger partial charge is 0.324 e. The molecule has 38 heavy (non-hydrogen) atoms. The lowest BCUT2D eigenvalue weighted by Gasteiger charge is -2.38. The zero-order valence-electron chi connectivity index (χ0n) is 23.5. The first-order valence-corrected chi connectivity index (χ1v) is 13.1. The van der Waals surface area contributed by atoms with Crippen LogP contribution in [0.2, 0.25) is 0 Å². The molecule has 1 aromatic carbocycles. The summed E-state index contributed by atoms with van der Waals surface area (Å²) in [5.74, 6) is 1.59. The van der Waals surface area contributed by atoms with E-state index in [2.05, 4.69) is 41.3 Å². The largest absolute Gasteiger partial charge is 0.353 e. The molecule has 9 nitrogen and oxygen atoms in total. The highest BCUT2D eigenvalue weighted by molar-refractivity contribution is 5.99. The van der Waals surface area contributed by atoms with Crippen molar-refractivity contribution in [3.63, 3.8) is 0 Å². The van der Waals surface area contributed by atoms with Crippen LogP contribution in [-0.4, -0.2) is 57.8 Å². The van der Waals surface area contributed by atoms with E-state index in [4.69, 9.17) is 5.10 Å². The molecular weight excluding hydrogens is 478 g/mol. The van der Waals surface area contributed by atoms with Crippen molar-refractivity contribution >= 4 is 29.3 Å². The number of amides is 3. The molecule has 0 unspecified atom stereocenters. The molecule has 3 amide bonds. The Morgan fingerprint density at radius 1 is 0.868 bits per heavy atom. The van der Waals surface area contributed by atoms with Gasteiger partial charge in [-0.05, 0) is 31.2 Å². The Kier molecular flexibility index (Phi) is 7.49. The first kappa shape index (κ1) is 27.2. The lowest BCUT2D eigenvalue weighted by atomic mass is 9.92. The van der Waals surface area contributed by atoms with E-state index in [0.717, 1.165) is 35.9 Å². The summed E-state index contributed by atoms with van der Waals surface area (Å²) < 4.78 is 1.75. The van der Waals surface area contributed by atoms with Crippen LogP contribution in [0.15, 0.2) is 48.7 Å². The van der Waals surface area contributed by atoms with Crippen LogP contribution in [0.5, 0.6) is 0 Å². The van der Waals surface area contributed by atoms with Crippen LogP contribution in [0.1, 0.15) is 52.8 Å². The van der Waals surface area contributed by atoms with Gasteiger partial charge in [-0.3, -0.25) is 10.1 Å². The summed E-state index contributed by atoms with van der Waals surface area (Å²) in [4.78, 5) is 34.1. The number of benzene rings is 1. The Balaban J connectivity index is 1.40. The van der Waals surface area contributed by atoms with Crippen molar-refractivity contribution in [3.8, 4) is 5.69 Å². The minimum absolute atomic E-state index is 0.172. The van der Waals surface area contributed by atoms with Gasteiger partial charge in [-0.1, -0.05) is 59.2 Å². The number of hydrogen-bond donors (Lipinski definition) is 2. The highest BCUT2D eigenvalue weighted by Crippen LogP contribution is 2.27. The second-order valence-electron chi connectivity index (χ2n) is 11.9. The van der Waals surface area contributed by atoms with Crippen molar-refractivity contribution in [1.82, 2.24) is 19.7 Å². The monoisotopic (exact) mass is 517 g/mol. The molecule has 0 aliphatic carbocycles. The molecule has 0 radical (unpaired) electrons. The summed E-state index contributed by atoms with van der Waals surface area (Å²) in [7, 11) is 0. The zero-order chi connectivity index (χ0) is 27.7. The summed E-state index contributed by atoms with van der Waals surface area (Å²) in [5, 5.41) is 10.6. The molecule has 0 saturated carbocycles. The lowest BCUT2D eigenvalue weighted by Crippen LogP contribution is -2.51. The highest BCUT2D eigenvalue weighted by Gasteiger charge is 2.30. The average molecular weight is 518 g/mol. The van der Waals surface area contributed by atoms with E-state index in [1.54, 1.807) is 10.9 Å². The highest BCUT2D eigenvalue weighted by atomic mass is 16.2. The number of pyridine rings is 1. The van der Waals surface area contributed by atoms with Crippen molar-refractivity contribution in [3.05, 3.63) is 59.9 Å². The molecule has 0 atom stereocenters. The van der Waals surface area contributed by atoms with Crippen LogP contribution in [0.4, 0.5) is 22.1 Å². The molecule has 1 saturated heterocycles. The number of anilines is 3. The van der Waals surface area contributed by atoms with Crippen molar-refractivity contribution in [2.75, 3.05) is 41.7 Å². The number of carbonyl (C=O) groups is 2. The summed E-state index contributed by atoms with van der Waals surface area (Å²) >= 11 is 0. The minimum Gasteiger partial charge on any atom is -0.353 e. The second-order valence-corrected chi connectivity index (χ2v) is 11.9. The Hall–Kier alpha value is -3.88. The molecule has 2 N–H and O–H groups in total. The third kappa shape index (κ3) is 6.33. The van der Waals surface area contributed by atoms with Gasteiger partial charge in [0.15, 0.2) is 0 Å². The zero-order valence-corrected chi connectivity index (χ0v) is 23.5. The maximum Gasteiger partial charge on any atom is 0.324 e. The fourth-order valence-electron chi connectivity index (χ4n) is 4.26. The van der Waals surface area contributed by atoms with Gasteiger partial charge in [0, 0.05) is 43.1 Å². The molecule has 0 spiro atoms. The van der Waals surface area contributed by atoms with Gasteiger partial charge in [0.1, 0.15) is 11.6 Å². The molecule has 1 aliphatic heterocycles. The number of nitrogens with one attached hydrogen (secondary N) is 2. The number of urea groups is 1. The second kappa shape index (κ2) is 10.5. The Labute approximate surface area is 225 Å². The van der Waals surface area contributed by atoms with E-state index in [9.17, 15) is 9.59 Å². The molecule has 1 aliphatic rings. The van der Waals surface area contributed by atoms with Crippen molar-refractivity contribution < 1.29 is 9.59 Å². The van der Waals surface area contributed by atoms with Gasteiger partial charge < -0.3 is 15.1 Å². The van der Waals surface area contributed by atoms with Gasteiger partial charge in [-0.25, -0.2) is 14.5 Å². The number of aryl methyl sites for hydroxylation is 1. The Morgan fingerprint density at radius 2 is 1.53 bits per heavy atom. The third-order valence-corrected chi connectivity index (χ3v) is 6.54. The lowest BCUT2D eigenvalue weighted by molar-refractivity contribution is -0.139.